The number of methoxy groups -OCH3 is 1. The minimum absolute atomic E-state index is 0.557. The Morgan fingerprint density at radius 2 is 1.85 bits per heavy atom. The number of allylic oxidation sites excluding steroid dienone is 1. The highest BCUT2D eigenvalue weighted by Crippen LogP contribution is 2.41. The van der Waals surface area contributed by atoms with E-state index in [1.165, 1.54) is 5.56 Å². The molecule has 4 rings (SSSR count). The average Bonchev–Trinajstić information content (AvgIpc) is 2.97. The first-order chi connectivity index (χ1) is 12.6. The predicted octanol–water partition coefficient (Wildman–Crippen LogP) is 4.06. The van der Waals surface area contributed by atoms with Crippen molar-refractivity contribution in [3.8, 4) is 5.75 Å². The molecule has 2 heterocycles. The van der Waals surface area contributed by atoms with E-state index in [4.69, 9.17) is 4.74 Å². The lowest BCUT2D eigenvalue weighted by Crippen LogP contribution is -2.43. The third-order valence-corrected chi connectivity index (χ3v) is 5.74. The van der Waals surface area contributed by atoms with Crippen LogP contribution < -0.4 is 4.74 Å². The second kappa shape index (κ2) is 6.97. The van der Waals surface area contributed by atoms with Gasteiger partial charge in [-0.05, 0) is 48.7 Å². The van der Waals surface area contributed by atoms with Crippen LogP contribution in [0, 0.1) is 0 Å². The molecule has 0 spiro atoms. The van der Waals surface area contributed by atoms with Crippen molar-refractivity contribution in [1.82, 2.24) is 9.80 Å². The van der Waals surface area contributed by atoms with Crippen molar-refractivity contribution in [2.75, 3.05) is 20.2 Å². The number of rotatable bonds is 4. The van der Waals surface area contributed by atoms with E-state index in [2.05, 4.69) is 56.1 Å². The number of halogens is 1. The number of ether oxygens (including phenoxy) is 1. The van der Waals surface area contributed by atoms with Crippen molar-refractivity contribution in [1.29, 1.82) is 0 Å². The van der Waals surface area contributed by atoms with Gasteiger partial charge in [0.25, 0.3) is 0 Å². The summed E-state index contributed by atoms with van der Waals surface area (Å²) >= 11 is 3.49. The number of hydrogen-bond acceptors (Lipinski definition) is 4. The minimum atomic E-state index is -1.01. The van der Waals surface area contributed by atoms with E-state index in [1.807, 2.05) is 24.3 Å². The van der Waals surface area contributed by atoms with Gasteiger partial charge in [0.15, 0.2) is 5.72 Å². The Labute approximate surface area is 162 Å². The zero-order chi connectivity index (χ0) is 18.1. The Hall–Kier alpha value is -1.98. The first-order valence-corrected chi connectivity index (χ1v) is 9.73. The molecule has 0 unspecified atom stereocenters. The highest BCUT2D eigenvalue weighted by atomic mass is 79.9. The van der Waals surface area contributed by atoms with Gasteiger partial charge in [-0.1, -0.05) is 40.2 Å². The van der Waals surface area contributed by atoms with Gasteiger partial charge in [-0.15, -0.1) is 0 Å². The summed E-state index contributed by atoms with van der Waals surface area (Å²) in [5, 5.41) is 11.6. The molecule has 1 saturated heterocycles. The van der Waals surface area contributed by atoms with Crippen LogP contribution in [0.15, 0.2) is 64.9 Å². The fraction of sp³-hybridized carbons (Fsp3) is 0.333. The molecule has 0 aliphatic carbocycles. The zero-order valence-electron chi connectivity index (χ0n) is 14.9. The van der Waals surface area contributed by atoms with Crippen molar-refractivity contribution in [3.05, 3.63) is 76.0 Å². The van der Waals surface area contributed by atoms with Crippen molar-refractivity contribution in [2.24, 2.45) is 0 Å². The number of β-amino-alcohol motifs (C(OH)–C–C–N with tert-alkyl or cyclic N) is 1. The smallest absolute Gasteiger partial charge is 0.183 e. The van der Waals surface area contributed by atoms with Crippen molar-refractivity contribution >= 4 is 15.9 Å². The molecule has 4 nitrogen and oxygen atoms in total. The Bertz CT molecular complexity index is 804. The Morgan fingerprint density at radius 1 is 1.12 bits per heavy atom. The van der Waals surface area contributed by atoms with Crippen molar-refractivity contribution in [3.63, 3.8) is 0 Å². The molecule has 1 atom stereocenters. The molecule has 0 amide bonds. The maximum absolute atomic E-state index is 11.6. The summed E-state index contributed by atoms with van der Waals surface area (Å²) in [7, 11) is 1.66. The van der Waals surface area contributed by atoms with Gasteiger partial charge in [0.1, 0.15) is 11.6 Å². The van der Waals surface area contributed by atoms with Gasteiger partial charge in [0, 0.05) is 23.1 Å². The molecule has 1 N–H and O–H groups in total. The summed E-state index contributed by atoms with van der Waals surface area (Å²) in [6.07, 6.45) is 4.37. The monoisotopic (exact) mass is 414 g/mol. The lowest BCUT2D eigenvalue weighted by atomic mass is 10.0. The van der Waals surface area contributed by atoms with Gasteiger partial charge in [-0.3, -0.25) is 0 Å². The molecule has 2 aliphatic rings. The fourth-order valence-electron chi connectivity index (χ4n) is 3.86. The fourth-order valence-corrected chi connectivity index (χ4v) is 4.13. The van der Waals surface area contributed by atoms with Crippen LogP contribution >= 0.6 is 15.9 Å². The largest absolute Gasteiger partial charge is 0.497 e. The first-order valence-electron chi connectivity index (χ1n) is 8.94. The average molecular weight is 415 g/mol. The van der Waals surface area contributed by atoms with Gasteiger partial charge in [-0.2, -0.15) is 0 Å². The molecule has 2 aromatic carbocycles. The van der Waals surface area contributed by atoms with E-state index in [0.29, 0.717) is 6.54 Å². The summed E-state index contributed by atoms with van der Waals surface area (Å²) in [5.74, 6) is 1.94. The molecule has 0 radical (unpaired) electrons. The van der Waals surface area contributed by atoms with Crippen LogP contribution in [-0.4, -0.2) is 35.1 Å². The predicted molar refractivity (Wildman–Crippen MR) is 105 cm³/mol. The molecule has 5 heteroatoms. The van der Waals surface area contributed by atoms with Gasteiger partial charge >= 0.3 is 0 Å². The number of benzene rings is 2. The minimum Gasteiger partial charge on any atom is -0.497 e. The van der Waals surface area contributed by atoms with E-state index < -0.39 is 5.72 Å². The van der Waals surface area contributed by atoms with Crippen LogP contribution in [0.5, 0.6) is 5.75 Å². The number of hydrogen-bond donors (Lipinski definition) is 1. The first kappa shape index (κ1) is 17.4. The number of fused-ring (bicyclic) bond motifs is 1. The van der Waals surface area contributed by atoms with Crippen molar-refractivity contribution < 1.29 is 9.84 Å². The molecule has 1 fully saturated rings. The molecule has 0 bridgehead atoms. The van der Waals surface area contributed by atoms with Crippen LogP contribution in [0.4, 0.5) is 0 Å². The summed E-state index contributed by atoms with van der Waals surface area (Å²) in [5.41, 5.74) is 1.14. The van der Waals surface area contributed by atoms with Crippen LogP contribution in [0.3, 0.4) is 0 Å². The quantitative estimate of drug-likeness (QED) is 0.818. The van der Waals surface area contributed by atoms with Gasteiger partial charge in [0.05, 0.1) is 13.7 Å². The van der Waals surface area contributed by atoms with Gasteiger partial charge < -0.3 is 19.6 Å². The second-order valence-electron chi connectivity index (χ2n) is 6.88. The Morgan fingerprint density at radius 3 is 2.54 bits per heavy atom. The molecule has 26 heavy (non-hydrogen) atoms. The van der Waals surface area contributed by atoms with Gasteiger partial charge in [-0.25, -0.2) is 0 Å². The Kier molecular flexibility index (Phi) is 4.67. The van der Waals surface area contributed by atoms with E-state index in [-0.39, 0.29) is 0 Å². The third-order valence-electron chi connectivity index (χ3n) is 5.21. The maximum atomic E-state index is 11.6. The molecular weight excluding hydrogens is 392 g/mol. The number of aliphatic hydroxyl groups is 1. The van der Waals surface area contributed by atoms with E-state index in [1.54, 1.807) is 7.11 Å². The van der Waals surface area contributed by atoms with Crippen LogP contribution in [-0.2, 0) is 12.3 Å². The summed E-state index contributed by atoms with van der Waals surface area (Å²) in [6, 6.07) is 16.1. The van der Waals surface area contributed by atoms with E-state index in [9.17, 15) is 5.11 Å². The van der Waals surface area contributed by atoms with E-state index in [0.717, 1.165) is 47.5 Å². The highest BCUT2D eigenvalue weighted by Gasteiger charge is 2.47. The highest BCUT2D eigenvalue weighted by molar-refractivity contribution is 9.10. The SMILES string of the molecule is COc1ccc([C@]2(O)CN(Cc3ccc(Br)cc3)C3=CCCCN32)cc1. The van der Waals surface area contributed by atoms with Crippen molar-refractivity contribution in [2.45, 2.75) is 25.1 Å². The third kappa shape index (κ3) is 3.10. The molecule has 2 aromatic rings. The van der Waals surface area contributed by atoms with Crippen LogP contribution in [0.1, 0.15) is 24.0 Å². The summed E-state index contributed by atoms with van der Waals surface area (Å²) < 4.78 is 6.34. The second-order valence-corrected chi connectivity index (χ2v) is 7.80. The molecule has 136 valence electrons. The van der Waals surface area contributed by atoms with E-state index >= 15 is 0 Å². The zero-order valence-corrected chi connectivity index (χ0v) is 16.4. The lowest BCUT2D eigenvalue weighted by molar-refractivity contribution is -0.0698. The molecule has 0 saturated carbocycles. The summed E-state index contributed by atoms with van der Waals surface area (Å²) in [4.78, 5) is 4.43. The lowest BCUT2D eigenvalue weighted by Gasteiger charge is -2.36. The summed E-state index contributed by atoms with van der Waals surface area (Å²) in [6.45, 7) is 2.21. The standard InChI is InChI=1S/C21H23BrN2O2/c1-26-19-11-7-17(8-12-19)21(25)15-23(20-4-2-3-13-24(20)21)14-16-5-9-18(22)10-6-16/h4-12,25H,2-3,13-15H2,1H3/t21-/m1/s1. The maximum Gasteiger partial charge on any atom is 0.183 e. The molecule has 0 aromatic heterocycles. The topological polar surface area (TPSA) is 35.9 Å². The number of nitrogens with zero attached hydrogens (tertiary/aromatic N) is 2. The van der Waals surface area contributed by atoms with Gasteiger partial charge in [0.2, 0.25) is 0 Å². The normalized spacial score (nSPS) is 22.2. The van der Waals surface area contributed by atoms with Crippen LogP contribution in [0.25, 0.3) is 0 Å². The van der Waals surface area contributed by atoms with Crippen LogP contribution in [0.2, 0.25) is 0 Å². The molecular formula is C21H23BrN2O2. The molecule has 2 aliphatic heterocycles. The Balaban J connectivity index is 1.64.